The highest BCUT2D eigenvalue weighted by molar-refractivity contribution is 14.1. The average Bonchev–Trinajstić information content (AvgIpc) is 2.56. The van der Waals surface area contributed by atoms with Gasteiger partial charge in [0.05, 0.1) is 39.5 Å². The number of halogens is 2. The number of hydrogen-bond donors (Lipinski definition) is 1. The molecule has 1 N–H and O–H groups in total. The maximum atomic E-state index is 14.8. The maximum absolute atomic E-state index is 14.8. The number of fused-ring (bicyclic) bond motifs is 2. The Balaban J connectivity index is 2.05. The molecule has 0 saturated carbocycles. The Morgan fingerprint density at radius 2 is 2.16 bits per heavy atom. The van der Waals surface area contributed by atoms with E-state index in [0.29, 0.717) is 40.6 Å². The van der Waals surface area contributed by atoms with Crippen molar-refractivity contribution in [2.45, 2.75) is 32.4 Å². The topological polar surface area (TPSA) is 53.4 Å². The minimum Gasteiger partial charge on any atom is -0.382 e. The molecule has 0 aliphatic carbocycles. The molecule has 1 fully saturated rings. The second-order valence-corrected chi connectivity index (χ2v) is 8.05. The lowest BCUT2D eigenvalue weighted by molar-refractivity contribution is 0.196. The average molecular weight is 457 g/mol. The van der Waals surface area contributed by atoms with Crippen molar-refractivity contribution in [3.63, 3.8) is 0 Å². The van der Waals surface area contributed by atoms with Gasteiger partial charge in [0.2, 0.25) is 0 Å². The molecule has 2 aromatic rings. The van der Waals surface area contributed by atoms with Crippen molar-refractivity contribution in [1.82, 2.24) is 12.7 Å². The van der Waals surface area contributed by atoms with Crippen LogP contribution >= 0.6 is 22.9 Å². The summed E-state index contributed by atoms with van der Waals surface area (Å²) < 4.78 is 16.3. The fraction of sp³-hybridized carbons (Fsp3) is 0.529. The molecule has 25 heavy (non-hydrogen) atoms. The number of likely N-dealkylation sites (N-methyl/N-ethyl adjacent to an activating group) is 1. The first-order valence-corrected chi connectivity index (χ1v) is 9.47. The van der Waals surface area contributed by atoms with E-state index in [4.69, 9.17) is 0 Å². The molecule has 3 heterocycles. The molecule has 0 radical (unpaired) electrons. The summed E-state index contributed by atoms with van der Waals surface area (Å²) in [7, 11) is 2.12. The summed E-state index contributed by atoms with van der Waals surface area (Å²) in [6.45, 7) is 6.28. The second kappa shape index (κ2) is 6.08. The zero-order valence-electron chi connectivity index (χ0n) is 14.5. The lowest BCUT2D eigenvalue weighted by atomic mass is 10.0. The standard InChI is InChI=1S/C17H21FIN5O/c1-9-6-12-13-15(14(9)18)20-5-4-11-8-22(3)10(2)7-23(11)16(13)21-17(25)24(12)19/h6,10-11,20H,4-5,7-8H2,1-3H3. The Kier molecular flexibility index (Phi) is 4.14. The van der Waals surface area contributed by atoms with Crippen LogP contribution < -0.4 is 15.9 Å². The molecule has 0 bridgehead atoms. The lowest BCUT2D eigenvalue weighted by Crippen LogP contribution is -2.57. The van der Waals surface area contributed by atoms with Crippen molar-refractivity contribution in [3.8, 4) is 0 Å². The Hall–Kier alpha value is -1.42. The van der Waals surface area contributed by atoms with Crippen LogP contribution in [0.1, 0.15) is 18.9 Å². The van der Waals surface area contributed by atoms with Gasteiger partial charge in [0.1, 0.15) is 11.6 Å². The summed E-state index contributed by atoms with van der Waals surface area (Å²) in [5, 5.41) is 3.97. The van der Waals surface area contributed by atoms with Gasteiger partial charge in [0, 0.05) is 31.7 Å². The highest BCUT2D eigenvalue weighted by Gasteiger charge is 2.34. The number of hydrogen-bond acceptors (Lipinski definition) is 5. The van der Waals surface area contributed by atoms with Crippen LogP contribution in [0.5, 0.6) is 0 Å². The molecule has 4 rings (SSSR count). The van der Waals surface area contributed by atoms with E-state index in [0.717, 1.165) is 19.5 Å². The summed E-state index contributed by atoms with van der Waals surface area (Å²) in [6.07, 6.45) is 0.875. The van der Waals surface area contributed by atoms with Crippen molar-refractivity contribution in [2.24, 2.45) is 0 Å². The SMILES string of the molecule is Cc1cc2c3c(nc(=O)n2I)N2CC(C)N(C)CC2CCNc3c1F. The van der Waals surface area contributed by atoms with Crippen molar-refractivity contribution in [1.29, 1.82) is 0 Å². The van der Waals surface area contributed by atoms with Gasteiger partial charge in [-0.2, -0.15) is 4.98 Å². The first-order valence-electron chi connectivity index (χ1n) is 8.51. The number of rotatable bonds is 0. The van der Waals surface area contributed by atoms with E-state index >= 15 is 0 Å². The fourth-order valence-corrected chi connectivity index (χ4v) is 4.37. The third kappa shape index (κ3) is 2.61. The van der Waals surface area contributed by atoms with Gasteiger partial charge in [-0.1, -0.05) is 0 Å². The van der Waals surface area contributed by atoms with Crippen LogP contribution in [0, 0.1) is 12.7 Å². The van der Waals surface area contributed by atoms with Gasteiger partial charge in [0.25, 0.3) is 0 Å². The van der Waals surface area contributed by atoms with Crippen LogP contribution in [0.4, 0.5) is 15.9 Å². The molecule has 2 atom stereocenters. The predicted molar refractivity (Wildman–Crippen MR) is 106 cm³/mol. The molecule has 1 aromatic heterocycles. The Morgan fingerprint density at radius 3 is 2.92 bits per heavy atom. The molecule has 6 nitrogen and oxygen atoms in total. The Morgan fingerprint density at radius 1 is 1.40 bits per heavy atom. The molecule has 2 unspecified atom stereocenters. The zero-order chi connectivity index (χ0) is 17.9. The van der Waals surface area contributed by atoms with Crippen molar-refractivity contribution in [3.05, 3.63) is 27.9 Å². The number of aryl methyl sites for hydroxylation is 1. The Labute approximate surface area is 159 Å². The number of aromatic nitrogens is 2. The van der Waals surface area contributed by atoms with Crippen LogP contribution in [-0.4, -0.2) is 51.4 Å². The van der Waals surface area contributed by atoms with Crippen molar-refractivity contribution >= 4 is 45.3 Å². The molecule has 2 aliphatic rings. The first-order chi connectivity index (χ1) is 11.9. The van der Waals surface area contributed by atoms with E-state index in [1.165, 1.54) is 2.78 Å². The van der Waals surface area contributed by atoms with Gasteiger partial charge in [-0.25, -0.2) is 12.0 Å². The van der Waals surface area contributed by atoms with E-state index < -0.39 is 0 Å². The van der Waals surface area contributed by atoms with Crippen molar-refractivity contribution < 1.29 is 4.39 Å². The normalized spacial score (nSPS) is 23.8. The highest BCUT2D eigenvalue weighted by Crippen LogP contribution is 2.38. The number of benzene rings is 1. The fourth-order valence-electron chi connectivity index (χ4n) is 3.88. The van der Waals surface area contributed by atoms with E-state index in [1.807, 2.05) is 22.9 Å². The molecule has 8 heteroatoms. The first kappa shape index (κ1) is 17.0. The third-order valence-electron chi connectivity index (χ3n) is 5.43. The quantitative estimate of drug-likeness (QED) is 0.616. The van der Waals surface area contributed by atoms with Gasteiger partial charge in [-0.3, -0.25) is 4.90 Å². The predicted octanol–water partition coefficient (Wildman–Crippen LogP) is 2.37. The molecule has 1 aromatic carbocycles. The molecular weight excluding hydrogens is 436 g/mol. The van der Waals surface area contributed by atoms with Gasteiger partial charge in [0.15, 0.2) is 0 Å². The van der Waals surface area contributed by atoms with Gasteiger partial charge in [-0.15, -0.1) is 0 Å². The minimum absolute atomic E-state index is 0.256. The third-order valence-corrected chi connectivity index (χ3v) is 6.37. The summed E-state index contributed by atoms with van der Waals surface area (Å²) in [4.78, 5) is 21.3. The van der Waals surface area contributed by atoms with Crippen LogP contribution in [-0.2, 0) is 0 Å². The number of nitrogens with one attached hydrogen (secondary N) is 1. The maximum Gasteiger partial charge on any atom is 0.359 e. The van der Waals surface area contributed by atoms with E-state index in [2.05, 4.69) is 34.1 Å². The monoisotopic (exact) mass is 457 g/mol. The second-order valence-electron chi connectivity index (χ2n) is 7.09. The summed E-state index contributed by atoms with van der Waals surface area (Å²) in [6, 6.07) is 2.35. The Bertz CT molecular complexity index is 914. The van der Waals surface area contributed by atoms with E-state index in [1.54, 1.807) is 13.0 Å². The number of nitrogens with zero attached hydrogens (tertiary/aromatic N) is 4. The molecule has 0 amide bonds. The smallest absolute Gasteiger partial charge is 0.359 e. The van der Waals surface area contributed by atoms with Gasteiger partial charge in [-0.05, 0) is 38.9 Å². The minimum atomic E-state index is -0.314. The summed E-state index contributed by atoms with van der Waals surface area (Å²) in [5.74, 6) is 0.352. The van der Waals surface area contributed by atoms with E-state index in [9.17, 15) is 9.18 Å². The zero-order valence-corrected chi connectivity index (χ0v) is 16.7. The number of piperazine rings is 1. The lowest BCUT2D eigenvalue weighted by Gasteiger charge is -2.45. The molecule has 2 aliphatic heterocycles. The van der Waals surface area contributed by atoms with Gasteiger partial charge >= 0.3 is 5.69 Å². The molecular formula is C17H21FIN5O. The molecule has 134 valence electrons. The van der Waals surface area contributed by atoms with Crippen LogP contribution in [0.15, 0.2) is 10.9 Å². The van der Waals surface area contributed by atoms with Crippen LogP contribution in [0.25, 0.3) is 10.9 Å². The van der Waals surface area contributed by atoms with E-state index in [-0.39, 0.29) is 17.5 Å². The van der Waals surface area contributed by atoms with Crippen LogP contribution in [0.3, 0.4) is 0 Å². The highest BCUT2D eigenvalue weighted by atomic mass is 127. The molecule has 0 spiro atoms. The largest absolute Gasteiger partial charge is 0.382 e. The number of anilines is 2. The van der Waals surface area contributed by atoms with Gasteiger partial charge < -0.3 is 10.2 Å². The summed E-state index contributed by atoms with van der Waals surface area (Å²) >= 11 is 1.95. The van der Waals surface area contributed by atoms with Crippen LogP contribution in [0.2, 0.25) is 0 Å². The summed E-state index contributed by atoms with van der Waals surface area (Å²) in [5.41, 5.74) is 1.39. The molecule has 1 saturated heterocycles. The van der Waals surface area contributed by atoms with Crippen molar-refractivity contribution in [2.75, 3.05) is 36.9 Å².